The van der Waals surface area contributed by atoms with Gasteiger partial charge in [0.2, 0.25) is 0 Å². The summed E-state index contributed by atoms with van der Waals surface area (Å²) in [6.45, 7) is 0. The summed E-state index contributed by atoms with van der Waals surface area (Å²) in [5.74, 6) is -1.97. The van der Waals surface area contributed by atoms with Gasteiger partial charge in [0.15, 0.2) is 5.82 Å². The van der Waals surface area contributed by atoms with E-state index < -0.39 is 11.9 Å². The smallest absolute Gasteiger partial charge is 0.328 e. The molecule has 0 saturated heterocycles. The van der Waals surface area contributed by atoms with Crippen LogP contribution in [0.4, 0.5) is 5.82 Å². The number of nitrogen functional groups attached to an aromatic ring is 1. The molecule has 8 heteroatoms. The third-order valence-electron chi connectivity index (χ3n) is 1.92. The lowest BCUT2D eigenvalue weighted by molar-refractivity contribution is -0.134. The predicted molar refractivity (Wildman–Crippen MR) is 72.6 cm³/mol. The molecule has 0 radical (unpaired) electrons. The minimum Gasteiger partial charge on any atom is -0.478 e. The fourth-order valence-electron chi connectivity index (χ4n) is 1.15. The number of halogens is 1. The van der Waals surface area contributed by atoms with Crippen LogP contribution in [-0.2, 0) is 9.59 Å². The van der Waals surface area contributed by atoms with Gasteiger partial charge in [-0.3, -0.25) is 5.10 Å². The Labute approximate surface area is 115 Å². The zero-order valence-electron chi connectivity index (χ0n) is 9.50. The average molecular weight is 328 g/mol. The Morgan fingerprint density at radius 1 is 1.26 bits per heavy atom. The summed E-state index contributed by atoms with van der Waals surface area (Å²) in [7, 11) is 0. The van der Waals surface area contributed by atoms with Crippen LogP contribution in [0.2, 0.25) is 0 Å². The fraction of sp³-hybridized carbons (Fsp3) is 0. The summed E-state index contributed by atoms with van der Waals surface area (Å²) in [5, 5.41) is 23.3. The Kier molecular flexibility index (Phi) is 5.07. The second kappa shape index (κ2) is 6.55. The molecule has 19 heavy (non-hydrogen) atoms. The van der Waals surface area contributed by atoms with Crippen LogP contribution in [0, 0.1) is 0 Å². The van der Waals surface area contributed by atoms with Crippen molar-refractivity contribution in [1.29, 1.82) is 0 Å². The van der Waals surface area contributed by atoms with E-state index in [1.807, 2.05) is 18.2 Å². The van der Waals surface area contributed by atoms with Crippen LogP contribution >= 0.6 is 15.9 Å². The van der Waals surface area contributed by atoms with E-state index in [9.17, 15) is 9.59 Å². The van der Waals surface area contributed by atoms with Crippen molar-refractivity contribution in [1.82, 2.24) is 10.2 Å². The van der Waals surface area contributed by atoms with Gasteiger partial charge >= 0.3 is 11.9 Å². The number of nitrogens with zero attached hydrogens (tertiary/aromatic N) is 1. The molecule has 0 amide bonds. The summed E-state index contributed by atoms with van der Waals surface area (Å²) >= 11 is 3.35. The number of nitrogens with one attached hydrogen (secondary N) is 1. The molecule has 2 aromatic rings. The number of aromatic amines is 1. The Hall–Kier alpha value is -2.35. The zero-order chi connectivity index (χ0) is 14.4. The lowest BCUT2D eigenvalue weighted by Gasteiger charge is -1.89. The Morgan fingerprint density at radius 2 is 1.84 bits per heavy atom. The standard InChI is InChI=1S/C7H6BrN3.C4H4O4/c8-4-1-2-6-5(3-4)7(9)11-10-6;5-3(6)1-2-4(7)8/h1-3H,(H3,9,10,11);1-2H,(H,5,6)(H,7,8). The lowest BCUT2D eigenvalue weighted by atomic mass is 10.2. The highest BCUT2D eigenvalue weighted by atomic mass is 79.9. The number of aromatic nitrogens is 2. The number of rotatable bonds is 2. The number of fused-ring (bicyclic) bond motifs is 1. The first-order valence-corrected chi connectivity index (χ1v) is 5.72. The van der Waals surface area contributed by atoms with E-state index in [1.165, 1.54) is 0 Å². The molecule has 0 aliphatic heterocycles. The van der Waals surface area contributed by atoms with Crippen molar-refractivity contribution >= 4 is 44.6 Å². The molecule has 1 aromatic carbocycles. The van der Waals surface area contributed by atoms with Gasteiger partial charge in [-0.15, -0.1) is 0 Å². The molecule has 1 heterocycles. The number of H-pyrrole nitrogens is 1. The minimum atomic E-state index is -1.26. The van der Waals surface area contributed by atoms with E-state index in [-0.39, 0.29) is 0 Å². The molecule has 1 aromatic heterocycles. The number of carboxylic acid groups (broad SMARTS) is 2. The molecule has 0 bridgehead atoms. The van der Waals surface area contributed by atoms with E-state index in [4.69, 9.17) is 15.9 Å². The maximum absolute atomic E-state index is 9.55. The summed E-state index contributed by atoms with van der Waals surface area (Å²) in [4.78, 5) is 19.1. The van der Waals surface area contributed by atoms with Crippen LogP contribution in [0.25, 0.3) is 10.9 Å². The first kappa shape index (κ1) is 14.7. The predicted octanol–water partition coefficient (Wildman–Crippen LogP) is 1.62. The van der Waals surface area contributed by atoms with Gasteiger partial charge in [-0.05, 0) is 18.2 Å². The molecule has 2 rings (SSSR count). The van der Waals surface area contributed by atoms with E-state index >= 15 is 0 Å². The van der Waals surface area contributed by atoms with Crippen LogP contribution in [0.15, 0.2) is 34.8 Å². The topological polar surface area (TPSA) is 129 Å². The highest BCUT2D eigenvalue weighted by molar-refractivity contribution is 9.10. The van der Waals surface area contributed by atoms with E-state index in [2.05, 4.69) is 26.1 Å². The Morgan fingerprint density at radius 3 is 2.37 bits per heavy atom. The van der Waals surface area contributed by atoms with Crippen molar-refractivity contribution in [3.05, 3.63) is 34.8 Å². The zero-order valence-corrected chi connectivity index (χ0v) is 11.1. The van der Waals surface area contributed by atoms with Crippen molar-refractivity contribution < 1.29 is 19.8 Å². The molecule has 0 fully saturated rings. The summed E-state index contributed by atoms with van der Waals surface area (Å²) in [6, 6.07) is 5.82. The highest BCUT2D eigenvalue weighted by Gasteiger charge is 2.00. The molecular weight excluding hydrogens is 318 g/mol. The molecule has 0 aliphatic carbocycles. The molecule has 0 unspecified atom stereocenters. The van der Waals surface area contributed by atoms with Gasteiger partial charge < -0.3 is 15.9 Å². The summed E-state index contributed by atoms with van der Waals surface area (Å²) in [6.07, 6.45) is 1.12. The molecule has 0 aliphatic rings. The summed E-state index contributed by atoms with van der Waals surface area (Å²) < 4.78 is 1.01. The lowest BCUT2D eigenvalue weighted by Crippen LogP contribution is -1.91. The normalized spacial score (nSPS) is 10.2. The first-order chi connectivity index (χ1) is 8.90. The highest BCUT2D eigenvalue weighted by Crippen LogP contribution is 2.21. The third-order valence-corrected chi connectivity index (χ3v) is 2.42. The van der Waals surface area contributed by atoms with Gasteiger partial charge in [0.05, 0.1) is 5.52 Å². The van der Waals surface area contributed by atoms with Crippen molar-refractivity contribution in [2.45, 2.75) is 0 Å². The number of carboxylic acids is 2. The van der Waals surface area contributed by atoms with Crippen LogP contribution < -0.4 is 5.73 Å². The SMILES string of the molecule is Nc1n[nH]c2ccc(Br)cc12.O=C(O)C=CC(=O)O. The van der Waals surface area contributed by atoms with Crippen molar-refractivity contribution in [3.63, 3.8) is 0 Å². The molecule has 100 valence electrons. The van der Waals surface area contributed by atoms with Crippen LogP contribution in [0.3, 0.4) is 0 Å². The van der Waals surface area contributed by atoms with E-state index in [0.29, 0.717) is 18.0 Å². The van der Waals surface area contributed by atoms with Crippen LogP contribution in [-0.4, -0.2) is 32.3 Å². The maximum Gasteiger partial charge on any atom is 0.328 e. The monoisotopic (exact) mass is 327 g/mol. The number of anilines is 1. The number of hydrogen-bond acceptors (Lipinski definition) is 4. The molecule has 0 atom stereocenters. The molecular formula is C11H10BrN3O4. The number of carbonyl (C=O) groups is 2. The van der Waals surface area contributed by atoms with Crippen molar-refractivity contribution in [2.75, 3.05) is 5.73 Å². The second-order valence-corrected chi connectivity index (χ2v) is 4.22. The largest absolute Gasteiger partial charge is 0.478 e. The molecule has 7 nitrogen and oxygen atoms in total. The minimum absolute atomic E-state index is 0.543. The quantitative estimate of drug-likeness (QED) is 0.620. The van der Waals surface area contributed by atoms with Gasteiger partial charge in [0, 0.05) is 22.0 Å². The third kappa shape index (κ3) is 4.80. The fourth-order valence-corrected chi connectivity index (χ4v) is 1.51. The maximum atomic E-state index is 9.55. The summed E-state index contributed by atoms with van der Waals surface area (Å²) in [5.41, 5.74) is 6.55. The van der Waals surface area contributed by atoms with Crippen LogP contribution in [0.1, 0.15) is 0 Å². The number of aliphatic carboxylic acids is 2. The van der Waals surface area contributed by atoms with Gasteiger partial charge in [-0.2, -0.15) is 5.10 Å². The molecule has 5 N–H and O–H groups in total. The van der Waals surface area contributed by atoms with Gasteiger partial charge in [0.25, 0.3) is 0 Å². The average Bonchev–Trinajstić information content (AvgIpc) is 2.69. The van der Waals surface area contributed by atoms with Gasteiger partial charge in [0.1, 0.15) is 0 Å². The molecule has 0 spiro atoms. The van der Waals surface area contributed by atoms with Gasteiger partial charge in [-0.1, -0.05) is 15.9 Å². The first-order valence-electron chi connectivity index (χ1n) is 4.93. The Balaban J connectivity index is 0.000000203. The number of hydrogen-bond donors (Lipinski definition) is 4. The Bertz CT molecular complexity index is 620. The number of nitrogens with two attached hydrogens (primary N) is 1. The van der Waals surface area contributed by atoms with Crippen LogP contribution in [0.5, 0.6) is 0 Å². The second-order valence-electron chi connectivity index (χ2n) is 3.31. The van der Waals surface area contributed by atoms with Crippen molar-refractivity contribution in [2.24, 2.45) is 0 Å². The van der Waals surface area contributed by atoms with Crippen molar-refractivity contribution in [3.8, 4) is 0 Å². The van der Waals surface area contributed by atoms with E-state index in [0.717, 1.165) is 15.4 Å². The number of benzene rings is 1. The van der Waals surface area contributed by atoms with E-state index in [1.54, 1.807) is 0 Å². The van der Waals surface area contributed by atoms with Gasteiger partial charge in [-0.25, -0.2) is 9.59 Å². The molecule has 0 saturated carbocycles.